The van der Waals surface area contributed by atoms with E-state index in [1.807, 2.05) is 50.2 Å². The van der Waals surface area contributed by atoms with Crippen LogP contribution in [0.1, 0.15) is 37.5 Å². The van der Waals surface area contributed by atoms with Crippen LogP contribution in [0.15, 0.2) is 54.6 Å². The molecule has 0 atom stereocenters. The molecule has 0 aliphatic heterocycles. The quantitative estimate of drug-likeness (QED) is 0.696. The van der Waals surface area contributed by atoms with E-state index in [4.69, 9.17) is 4.74 Å². The van der Waals surface area contributed by atoms with Gasteiger partial charge in [0.05, 0.1) is 12.7 Å². The highest BCUT2D eigenvalue weighted by Gasteiger charge is 2.01. The molecule has 0 heterocycles. The third-order valence-electron chi connectivity index (χ3n) is 3.70. The molecule has 0 saturated carbocycles. The van der Waals surface area contributed by atoms with Gasteiger partial charge in [0.25, 0.3) is 0 Å². The Morgan fingerprint density at radius 2 is 1.78 bits per heavy atom. The molecular formula is C22H26N2O3. The fraction of sp³-hybridized carbons (Fsp3) is 0.273. The summed E-state index contributed by atoms with van der Waals surface area (Å²) in [6.45, 7) is 6.49. The molecule has 0 aliphatic rings. The number of amides is 2. The normalized spacial score (nSPS) is 11.0. The van der Waals surface area contributed by atoms with Crippen molar-refractivity contribution in [2.24, 2.45) is 0 Å². The van der Waals surface area contributed by atoms with E-state index in [9.17, 15) is 9.59 Å². The fourth-order valence-electron chi connectivity index (χ4n) is 2.39. The van der Waals surface area contributed by atoms with E-state index in [-0.39, 0.29) is 17.9 Å². The number of benzene rings is 2. The number of carbonyl (C=O) groups is 2. The maximum atomic E-state index is 12.0. The molecule has 5 heteroatoms. The Kier molecular flexibility index (Phi) is 7.77. The first-order valence-electron chi connectivity index (χ1n) is 8.95. The Balaban J connectivity index is 1.84. The molecule has 0 radical (unpaired) electrons. The van der Waals surface area contributed by atoms with Crippen molar-refractivity contribution in [3.05, 3.63) is 71.3 Å². The zero-order chi connectivity index (χ0) is 19.6. The molecule has 0 unspecified atom stereocenters. The van der Waals surface area contributed by atoms with Crippen LogP contribution in [-0.4, -0.2) is 17.9 Å². The van der Waals surface area contributed by atoms with Gasteiger partial charge in [-0.05, 0) is 48.7 Å². The molecular weight excluding hydrogens is 340 g/mol. The maximum Gasteiger partial charge on any atom is 0.244 e. The van der Waals surface area contributed by atoms with Crippen molar-refractivity contribution in [2.45, 2.75) is 40.0 Å². The van der Waals surface area contributed by atoms with Crippen LogP contribution in [0.4, 0.5) is 5.69 Å². The molecule has 0 spiro atoms. The number of rotatable bonds is 8. The zero-order valence-corrected chi connectivity index (χ0v) is 16.0. The van der Waals surface area contributed by atoms with Crippen LogP contribution in [-0.2, 0) is 27.5 Å². The summed E-state index contributed by atoms with van der Waals surface area (Å²) < 4.78 is 5.60. The average molecular weight is 366 g/mol. The summed E-state index contributed by atoms with van der Waals surface area (Å²) >= 11 is 0. The zero-order valence-electron chi connectivity index (χ0n) is 16.0. The van der Waals surface area contributed by atoms with Crippen LogP contribution >= 0.6 is 0 Å². The third-order valence-corrected chi connectivity index (χ3v) is 3.70. The van der Waals surface area contributed by atoms with Crippen LogP contribution < -0.4 is 10.6 Å². The lowest BCUT2D eigenvalue weighted by Crippen LogP contribution is -2.20. The number of ether oxygens (including phenoxy) is 1. The summed E-state index contributed by atoms with van der Waals surface area (Å²) in [5, 5.41) is 5.58. The lowest BCUT2D eigenvalue weighted by atomic mass is 10.1. The Morgan fingerprint density at radius 3 is 2.44 bits per heavy atom. The molecule has 2 aromatic rings. The SMILES string of the molecule is CC(=O)Nc1ccc(/C=C/C(=O)NCc2cccc(COC(C)C)c2)cc1. The van der Waals surface area contributed by atoms with E-state index in [1.165, 1.54) is 13.0 Å². The van der Waals surface area contributed by atoms with E-state index >= 15 is 0 Å². The first-order valence-corrected chi connectivity index (χ1v) is 8.95. The molecule has 27 heavy (non-hydrogen) atoms. The standard InChI is InChI=1S/C22H26N2O3/c1-16(2)27-15-20-6-4-5-19(13-20)14-23-22(26)12-9-18-7-10-21(11-8-18)24-17(3)25/h4-13,16H,14-15H2,1-3H3,(H,23,26)(H,24,25)/b12-9+. The monoisotopic (exact) mass is 366 g/mol. The Labute approximate surface area is 160 Å². The van der Waals surface area contributed by atoms with Gasteiger partial charge in [0, 0.05) is 25.2 Å². The van der Waals surface area contributed by atoms with Gasteiger partial charge in [-0.2, -0.15) is 0 Å². The summed E-state index contributed by atoms with van der Waals surface area (Å²) in [5.41, 5.74) is 3.73. The number of hydrogen-bond acceptors (Lipinski definition) is 3. The van der Waals surface area contributed by atoms with Crippen LogP contribution in [0.25, 0.3) is 6.08 Å². The minimum absolute atomic E-state index is 0.113. The molecule has 0 saturated heterocycles. The van der Waals surface area contributed by atoms with E-state index in [1.54, 1.807) is 18.2 Å². The van der Waals surface area contributed by atoms with Gasteiger partial charge in [-0.3, -0.25) is 9.59 Å². The second-order valence-corrected chi connectivity index (χ2v) is 6.53. The van der Waals surface area contributed by atoms with Crippen molar-refractivity contribution in [1.29, 1.82) is 0 Å². The van der Waals surface area contributed by atoms with E-state index < -0.39 is 0 Å². The van der Waals surface area contributed by atoms with Crippen molar-refractivity contribution >= 4 is 23.6 Å². The van der Waals surface area contributed by atoms with Crippen molar-refractivity contribution < 1.29 is 14.3 Å². The Morgan fingerprint density at radius 1 is 1.07 bits per heavy atom. The van der Waals surface area contributed by atoms with Gasteiger partial charge < -0.3 is 15.4 Å². The summed E-state index contributed by atoms with van der Waals surface area (Å²) in [6, 6.07) is 15.3. The van der Waals surface area contributed by atoms with E-state index in [2.05, 4.69) is 10.6 Å². The van der Waals surface area contributed by atoms with Gasteiger partial charge in [0.1, 0.15) is 0 Å². The molecule has 2 rings (SSSR count). The fourth-order valence-corrected chi connectivity index (χ4v) is 2.39. The summed E-state index contributed by atoms with van der Waals surface area (Å²) in [7, 11) is 0. The predicted octanol–water partition coefficient (Wildman–Crippen LogP) is 3.90. The molecule has 0 aliphatic carbocycles. The van der Waals surface area contributed by atoms with Crippen LogP contribution in [0, 0.1) is 0 Å². The third kappa shape index (κ3) is 7.88. The number of nitrogens with one attached hydrogen (secondary N) is 2. The highest BCUT2D eigenvalue weighted by Crippen LogP contribution is 2.11. The number of anilines is 1. The van der Waals surface area contributed by atoms with Crippen molar-refractivity contribution in [3.8, 4) is 0 Å². The molecule has 0 aromatic heterocycles. The van der Waals surface area contributed by atoms with Crippen LogP contribution in [0.3, 0.4) is 0 Å². The molecule has 2 amide bonds. The maximum absolute atomic E-state index is 12.0. The molecule has 0 fully saturated rings. The Hall–Kier alpha value is -2.92. The van der Waals surface area contributed by atoms with Gasteiger partial charge >= 0.3 is 0 Å². The minimum atomic E-state index is -0.162. The summed E-state index contributed by atoms with van der Waals surface area (Å²) in [5.74, 6) is -0.276. The number of hydrogen-bond donors (Lipinski definition) is 2. The summed E-state index contributed by atoms with van der Waals surface area (Å²) in [4.78, 5) is 23.0. The van der Waals surface area contributed by atoms with Crippen molar-refractivity contribution in [2.75, 3.05) is 5.32 Å². The highest BCUT2D eigenvalue weighted by molar-refractivity contribution is 5.92. The number of carbonyl (C=O) groups excluding carboxylic acids is 2. The second-order valence-electron chi connectivity index (χ2n) is 6.53. The van der Waals surface area contributed by atoms with Gasteiger partial charge in [-0.25, -0.2) is 0 Å². The minimum Gasteiger partial charge on any atom is -0.374 e. The van der Waals surface area contributed by atoms with Crippen LogP contribution in [0.5, 0.6) is 0 Å². The second kappa shape index (κ2) is 10.3. The lowest BCUT2D eigenvalue weighted by Gasteiger charge is -2.09. The molecule has 2 aromatic carbocycles. The smallest absolute Gasteiger partial charge is 0.244 e. The molecule has 142 valence electrons. The predicted molar refractivity (Wildman–Crippen MR) is 108 cm³/mol. The van der Waals surface area contributed by atoms with Gasteiger partial charge in [0.2, 0.25) is 11.8 Å². The Bertz CT molecular complexity index is 795. The first-order chi connectivity index (χ1) is 12.9. The topological polar surface area (TPSA) is 67.4 Å². The molecule has 2 N–H and O–H groups in total. The van der Waals surface area contributed by atoms with E-state index in [0.29, 0.717) is 13.2 Å². The van der Waals surface area contributed by atoms with Gasteiger partial charge in [0.15, 0.2) is 0 Å². The van der Waals surface area contributed by atoms with Gasteiger partial charge in [-0.1, -0.05) is 36.4 Å². The van der Waals surface area contributed by atoms with Crippen LogP contribution in [0.2, 0.25) is 0 Å². The lowest BCUT2D eigenvalue weighted by molar-refractivity contribution is -0.116. The van der Waals surface area contributed by atoms with Crippen molar-refractivity contribution in [1.82, 2.24) is 5.32 Å². The highest BCUT2D eigenvalue weighted by atomic mass is 16.5. The molecule has 5 nitrogen and oxygen atoms in total. The van der Waals surface area contributed by atoms with Crippen molar-refractivity contribution in [3.63, 3.8) is 0 Å². The van der Waals surface area contributed by atoms with Gasteiger partial charge in [-0.15, -0.1) is 0 Å². The van der Waals surface area contributed by atoms with E-state index in [0.717, 1.165) is 22.4 Å². The molecule has 0 bridgehead atoms. The average Bonchev–Trinajstić information content (AvgIpc) is 2.64. The largest absolute Gasteiger partial charge is 0.374 e. The summed E-state index contributed by atoms with van der Waals surface area (Å²) in [6.07, 6.45) is 3.42. The first kappa shape index (κ1) is 20.4.